The number of fused-ring (bicyclic) bond motifs is 2. The quantitative estimate of drug-likeness (QED) is 0.407. The average molecular weight is 338 g/mol. The normalized spacial score (nSPS) is 10.7. The standard InChI is InChI=1S/C11H13NO2.C9H9NO/c1-6-7(2)12-9-5-11(14-3)10(13)4-8(6)9;1-6-5-10-9-3-2-7(11)4-8(6)9/h4-5,12-13H,1-3H3;2-5,10-11H,1H3. The number of phenols is 2. The van der Waals surface area contributed by atoms with Crippen LogP contribution in [0.1, 0.15) is 16.8 Å². The summed E-state index contributed by atoms with van der Waals surface area (Å²) in [6.07, 6.45) is 1.93. The number of aromatic amines is 2. The van der Waals surface area contributed by atoms with Gasteiger partial charge >= 0.3 is 0 Å². The van der Waals surface area contributed by atoms with E-state index in [9.17, 15) is 5.11 Å². The molecule has 0 saturated heterocycles. The molecule has 2 aromatic heterocycles. The van der Waals surface area contributed by atoms with E-state index in [1.165, 1.54) is 0 Å². The highest BCUT2D eigenvalue weighted by molar-refractivity contribution is 5.87. The van der Waals surface area contributed by atoms with Crippen molar-refractivity contribution in [3.8, 4) is 17.2 Å². The molecule has 4 aromatic rings. The van der Waals surface area contributed by atoms with Crippen LogP contribution < -0.4 is 4.74 Å². The first-order chi connectivity index (χ1) is 11.9. The molecular weight excluding hydrogens is 316 g/mol. The Morgan fingerprint density at radius 3 is 2.40 bits per heavy atom. The van der Waals surface area contributed by atoms with Crippen molar-refractivity contribution < 1.29 is 14.9 Å². The molecule has 0 saturated carbocycles. The Balaban J connectivity index is 0.000000150. The third-order valence-corrected chi connectivity index (χ3v) is 4.48. The summed E-state index contributed by atoms with van der Waals surface area (Å²) >= 11 is 0. The van der Waals surface area contributed by atoms with Crippen molar-refractivity contribution in [1.29, 1.82) is 0 Å². The highest BCUT2D eigenvalue weighted by Crippen LogP contribution is 2.33. The molecule has 2 heterocycles. The molecule has 0 spiro atoms. The number of benzene rings is 2. The smallest absolute Gasteiger partial charge is 0.162 e. The van der Waals surface area contributed by atoms with E-state index in [2.05, 4.69) is 9.97 Å². The lowest BCUT2D eigenvalue weighted by atomic mass is 10.1. The van der Waals surface area contributed by atoms with Crippen molar-refractivity contribution in [3.05, 3.63) is 53.3 Å². The van der Waals surface area contributed by atoms with Crippen molar-refractivity contribution in [2.45, 2.75) is 20.8 Å². The van der Waals surface area contributed by atoms with Gasteiger partial charge in [-0.2, -0.15) is 0 Å². The molecule has 5 nitrogen and oxygen atoms in total. The number of hydrogen-bond donors (Lipinski definition) is 4. The summed E-state index contributed by atoms with van der Waals surface area (Å²) in [5.41, 5.74) is 5.51. The summed E-state index contributed by atoms with van der Waals surface area (Å²) in [6, 6.07) is 8.86. The Morgan fingerprint density at radius 1 is 0.920 bits per heavy atom. The van der Waals surface area contributed by atoms with Crippen molar-refractivity contribution in [3.63, 3.8) is 0 Å². The number of ether oxygens (including phenoxy) is 1. The van der Waals surface area contributed by atoms with Gasteiger partial charge in [-0.15, -0.1) is 0 Å². The van der Waals surface area contributed by atoms with Gasteiger partial charge in [-0.25, -0.2) is 0 Å². The Bertz CT molecular complexity index is 1040. The van der Waals surface area contributed by atoms with Gasteiger partial charge < -0.3 is 24.9 Å². The first-order valence-electron chi connectivity index (χ1n) is 8.03. The minimum absolute atomic E-state index is 0.183. The van der Waals surface area contributed by atoms with E-state index in [4.69, 9.17) is 9.84 Å². The van der Waals surface area contributed by atoms with Gasteiger partial charge in [-0.3, -0.25) is 0 Å². The van der Waals surface area contributed by atoms with E-state index in [0.717, 1.165) is 38.6 Å². The van der Waals surface area contributed by atoms with Gasteiger partial charge in [-0.1, -0.05) is 0 Å². The van der Waals surface area contributed by atoms with Crippen LogP contribution in [0.2, 0.25) is 0 Å². The zero-order valence-electron chi connectivity index (χ0n) is 14.8. The number of aromatic nitrogens is 2. The van der Waals surface area contributed by atoms with Crippen molar-refractivity contribution >= 4 is 21.8 Å². The van der Waals surface area contributed by atoms with Crippen LogP contribution in [0.5, 0.6) is 17.2 Å². The molecule has 0 unspecified atom stereocenters. The van der Waals surface area contributed by atoms with Crippen molar-refractivity contribution in [2.75, 3.05) is 7.11 Å². The molecule has 25 heavy (non-hydrogen) atoms. The highest BCUT2D eigenvalue weighted by atomic mass is 16.5. The average Bonchev–Trinajstić information content (AvgIpc) is 3.08. The van der Waals surface area contributed by atoms with Gasteiger partial charge in [0, 0.05) is 39.8 Å². The molecule has 0 aliphatic heterocycles. The van der Waals surface area contributed by atoms with Gasteiger partial charge in [-0.05, 0) is 56.2 Å². The van der Waals surface area contributed by atoms with Crippen molar-refractivity contribution in [2.24, 2.45) is 0 Å². The molecule has 2 aromatic carbocycles. The fourth-order valence-corrected chi connectivity index (χ4v) is 2.89. The van der Waals surface area contributed by atoms with Crippen molar-refractivity contribution in [1.82, 2.24) is 9.97 Å². The maximum Gasteiger partial charge on any atom is 0.162 e. The number of rotatable bonds is 1. The lowest BCUT2D eigenvalue weighted by Gasteiger charge is -2.02. The molecule has 4 N–H and O–H groups in total. The van der Waals surface area contributed by atoms with E-state index < -0.39 is 0 Å². The predicted molar refractivity (Wildman–Crippen MR) is 101 cm³/mol. The SMILES string of the molecule is COc1cc2[nH]c(C)c(C)c2cc1O.Cc1c[nH]c2ccc(O)cc12. The summed E-state index contributed by atoms with van der Waals surface area (Å²) in [6.45, 7) is 6.05. The second-order valence-electron chi connectivity index (χ2n) is 6.15. The molecule has 5 heteroatoms. The van der Waals surface area contributed by atoms with Crippen LogP contribution in [0, 0.1) is 20.8 Å². The van der Waals surface area contributed by atoms with Crippen LogP contribution >= 0.6 is 0 Å². The van der Waals surface area contributed by atoms with Gasteiger partial charge in [0.2, 0.25) is 0 Å². The number of H-pyrrole nitrogens is 2. The summed E-state index contributed by atoms with van der Waals surface area (Å²) in [7, 11) is 1.55. The molecule has 4 rings (SSSR count). The van der Waals surface area contributed by atoms with Gasteiger partial charge in [0.1, 0.15) is 5.75 Å². The molecule has 0 amide bonds. The highest BCUT2D eigenvalue weighted by Gasteiger charge is 2.09. The zero-order valence-corrected chi connectivity index (χ0v) is 14.8. The van der Waals surface area contributed by atoms with E-state index in [0.29, 0.717) is 11.5 Å². The third kappa shape index (κ3) is 3.13. The largest absolute Gasteiger partial charge is 0.508 e. The second kappa shape index (κ2) is 6.43. The molecule has 0 fully saturated rings. The molecule has 0 aliphatic carbocycles. The summed E-state index contributed by atoms with van der Waals surface area (Å²) in [4.78, 5) is 6.34. The lowest BCUT2D eigenvalue weighted by Crippen LogP contribution is -1.83. The fraction of sp³-hybridized carbons (Fsp3) is 0.200. The summed E-state index contributed by atoms with van der Waals surface area (Å²) in [5, 5.41) is 20.9. The molecule has 130 valence electrons. The van der Waals surface area contributed by atoms with Crippen LogP contribution in [0.4, 0.5) is 0 Å². The number of nitrogens with one attached hydrogen (secondary N) is 2. The zero-order chi connectivity index (χ0) is 18.1. The van der Waals surface area contributed by atoms with E-state index in [1.807, 2.05) is 39.1 Å². The Hall–Kier alpha value is -3.08. The monoisotopic (exact) mass is 338 g/mol. The molecular formula is C20H22N2O3. The molecule has 0 aliphatic rings. The minimum Gasteiger partial charge on any atom is -0.508 e. The minimum atomic E-state index is 0.183. The van der Waals surface area contributed by atoms with Gasteiger partial charge in [0.15, 0.2) is 11.5 Å². The van der Waals surface area contributed by atoms with E-state index in [-0.39, 0.29) is 5.75 Å². The van der Waals surface area contributed by atoms with Gasteiger partial charge in [0.25, 0.3) is 0 Å². The topological polar surface area (TPSA) is 81.3 Å². The number of hydrogen-bond acceptors (Lipinski definition) is 3. The van der Waals surface area contributed by atoms with E-state index in [1.54, 1.807) is 25.3 Å². The number of methoxy groups -OCH3 is 1. The summed E-state index contributed by atoms with van der Waals surface area (Å²) < 4.78 is 5.03. The Labute approximate surface area is 145 Å². The van der Waals surface area contributed by atoms with E-state index >= 15 is 0 Å². The Kier molecular flexibility index (Phi) is 4.31. The lowest BCUT2D eigenvalue weighted by molar-refractivity contribution is 0.374. The predicted octanol–water partition coefficient (Wildman–Crippen LogP) is 4.68. The van der Waals surface area contributed by atoms with Crippen LogP contribution in [0.15, 0.2) is 36.5 Å². The number of aromatic hydroxyl groups is 2. The fourth-order valence-electron chi connectivity index (χ4n) is 2.89. The first-order valence-corrected chi connectivity index (χ1v) is 8.03. The Morgan fingerprint density at radius 2 is 1.68 bits per heavy atom. The van der Waals surface area contributed by atoms with Crippen LogP contribution in [-0.2, 0) is 0 Å². The first kappa shape index (κ1) is 16.8. The van der Waals surface area contributed by atoms with Crippen LogP contribution in [-0.4, -0.2) is 27.3 Å². The molecule has 0 radical (unpaired) electrons. The maximum atomic E-state index is 9.60. The second-order valence-corrected chi connectivity index (χ2v) is 6.15. The number of aryl methyl sites for hydroxylation is 3. The van der Waals surface area contributed by atoms with Crippen LogP contribution in [0.25, 0.3) is 21.8 Å². The number of phenolic OH excluding ortho intramolecular Hbond substituents is 2. The molecule has 0 atom stereocenters. The third-order valence-electron chi connectivity index (χ3n) is 4.48. The maximum absolute atomic E-state index is 9.60. The van der Waals surface area contributed by atoms with Crippen LogP contribution in [0.3, 0.4) is 0 Å². The summed E-state index contributed by atoms with van der Waals surface area (Å²) in [5.74, 6) is 1.00. The van der Waals surface area contributed by atoms with Gasteiger partial charge in [0.05, 0.1) is 7.11 Å². The molecule has 0 bridgehead atoms.